The van der Waals surface area contributed by atoms with E-state index in [1.165, 1.54) is 6.20 Å². The van der Waals surface area contributed by atoms with Gasteiger partial charge in [0.15, 0.2) is 8.68 Å². The summed E-state index contributed by atoms with van der Waals surface area (Å²) in [4.78, 5) is 4.86. The molecule has 0 aliphatic carbocycles. The van der Waals surface area contributed by atoms with E-state index in [4.69, 9.17) is 11.6 Å². The maximum absolute atomic E-state index is 11.8. The lowest BCUT2D eigenvalue weighted by atomic mass is 10.3. The number of hydrogen-bond acceptors (Lipinski definition) is 5. The molecule has 4 nitrogen and oxygen atoms in total. The first kappa shape index (κ1) is 13.0. The molecule has 2 rings (SSSR count). The Kier molecular flexibility index (Phi) is 4.16. The van der Waals surface area contributed by atoms with E-state index in [-0.39, 0.29) is 8.68 Å². The summed E-state index contributed by atoms with van der Waals surface area (Å²) >= 11 is 8.16. The van der Waals surface area contributed by atoms with Crippen LogP contribution in [0.5, 0.6) is 0 Å². The fraction of sp³-hybridized carbons (Fsp3) is 0.222. The number of aromatic nitrogens is 1. The molecule has 0 fully saturated rings. The largest absolute Gasteiger partial charge is 0.251 e. The normalized spacial score (nSPS) is 11.8. The lowest BCUT2D eigenvalue weighted by Gasteiger charge is -2.02. The van der Waals surface area contributed by atoms with Crippen molar-refractivity contribution < 1.29 is 8.42 Å². The van der Waals surface area contributed by atoms with Gasteiger partial charge in [0.2, 0.25) is 0 Å². The van der Waals surface area contributed by atoms with Crippen LogP contribution in [0.2, 0.25) is 4.47 Å². The molecule has 0 atom stereocenters. The molecule has 2 heterocycles. The molecule has 8 heteroatoms. The van der Waals surface area contributed by atoms with Crippen molar-refractivity contribution in [3.8, 4) is 0 Å². The third-order valence-corrected chi connectivity index (χ3v) is 5.94. The SMILES string of the molecule is O=S(=O)(NCCc1cccs1)c1cnc(Cl)s1. The number of halogens is 1. The molecule has 0 radical (unpaired) electrons. The van der Waals surface area contributed by atoms with Gasteiger partial charge in [-0.2, -0.15) is 0 Å². The Labute approximate surface area is 112 Å². The van der Waals surface area contributed by atoms with E-state index >= 15 is 0 Å². The number of nitrogens with zero attached hydrogens (tertiary/aromatic N) is 1. The second kappa shape index (κ2) is 5.45. The van der Waals surface area contributed by atoms with Crippen LogP contribution in [0.15, 0.2) is 27.9 Å². The molecular formula is C9H9ClN2O2S3. The van der Waals surface area contributed by atoms with Crippen LogP contribution in [0.3, 0.4) is 0 Å². The standard InChI is InChI=1S/C9H9ClN2O2S3/c10-9-11-6-8(16-9)17(13,14)12-4-3-7-2-1-5-15-7/h1-2,5-6,12H,3-4H2. The molecule has 17 heavy (non-hydrogen) atoms. The summed E-state index contributed by atoms with van der Waals surface area (Å²) in [5, 5.41) is 1.97. The van der Waals surface area contributed by atoms with Gasteiger partial charge in [0.25, 0.3) is 10.0 Å². The molecule has 0 saturated carbocycles. The molecule has 0 aromatic carbocycles. The van der Waals surface area contributed by atoms with Crippen molar-refractivity contribution in [2.75, 3.05) is 6.54 Å². The summed E-state index contributed by atoms with van der Waals surface area (Å²) in [5.41, 5.74) is 0. The number of thiophene rings is 1. The highest BCUT2D eigenvalue weighted by Crippen LogP contribution is 2.22. The quantitative estimate of drug-likeness (QED) is 0.922. The van der Waals surface area contributed by atoms with Gasteiger partial charge in [-0.05, 0) is 17.9 Å². The van der Waals surface area contributed by atoms with Gasteiger partial charge in [-0.1, -0.05) is 29.0 Å². The minimum atomic E-state index is -3.47. The Balaban J connectivity index is 1.94. The zero-order valence-electron chi connectivity index (χ0n) is 8.59. The lowest BCUT2D eigenvalue weighted by molar-refractivity contribution is 0.584. The predicted octanol–water partition coefficient (Wildman–Crippen LogP) is 2.38. The fourth-order valence-corrected chi connectivity index (χ4v) is 4.28. The topological polar surface area (TPSA) is 59.1 Å². The smallest absolute Gasteiger partial charge is 0.232 e. The number of sulfonamides is 1. The van der Waals surface area contributed by atoms with Crippen LogP contribution in [0, 0.1) is 0 Å². The van der Waals surface area contributed by atoms with E-state index in [9.17, 15) is 8.42 Å². The first-order valence-corrected chi connectivity index (χ1v) is 8.27. The van der Waals surface area contributed by atoms with Crippen LogP contribution in [-0.2, 0) is 16.4 Å². The van der Waals surface area contributed by atoms with E-state index in [2.05, 4.69) is 9.71 Å². The molecule has 0 aliphatic rings. The van der Waals surface area contributed by atoms with Gasteiger partial charge in [0, 0.05) is 11.4 Å². The molecule has 0 spiro atoms. The van der Waals surface area contributed by atoms with Crippen molar-refractivity contribution in [2.24, 2.45) is 0 Å². The summed E-state index contributed by atoms with van der Waals surface area (Å²) < 4.78 is 26.4. The van der Waals surface area contributed by atoms with Crippen LogP contribution in [-0.4, -0.2) is 19.9 Å². The van der Waals surface area contributed by atoms with Gasteiger partial charge in [-0.25, -0.2) is 18.1 Å². The molecule has 0 saturated heterocycles. The average Bonchev–Trinajstić information content (AvgIpc) is 2.89. The van der Waals surface area contributed by atoms with Gasteiger partial charge >= 0.3 is 0 Å². The molecule has 2 aromatic rings. The third kappa shape index (κ3) is 3.49. The van der Waals surface area contributed by atoms with Crippen LogP contribution >= 0.6 is 34.3 Å². The van der Waals surface area contributed by atoms with Crippen molar-refractivity contribution in [1.82, 2.24) is 9.71 Å². The summed E-state index contributed by atoms with van der Waals surface area (Å²) in [6.45, 7) is 0.373. The first-order valence-electron chi connectivity index (χ1n) is 4.71. The number of rotatable bonds is 5. The molecule has 1 N–H and O–H groups in total. The highest BCUT2D eigenvalue weighted by atomic mass is 35.5. The van der Waals surface area contributed by atoms with E-state index in [0.29, 0.717) is 13.0 Å². The number of nitrogens with one attached hydrogen (secondary N) is 1. The van der Waals surface area contributed by atoms with E-state index < -0.39 is 10.0 Å². The van der Waals surface area contributed by atoms with Crippen LogP contribution in [0.4, 0.5) is 0 Å². The maximum atomic E-state index is 11.8. The summed E-state index contributed by atoms with van der Waals surface area (Å²) in [7, 11) is -3.47. The molecular weight excluding hydrogens is 300 g/mol. The summed E-state index contributed by atoms with van der Waals surface area (Å²) in [6.07, 6.45) is 1.95. The molecule has 0 aliphatic heterocycles. The van der Waals surface area contributed by atoms with Crippen molar-refractivity contribution in [1.29, 1.82) is 0 Å². The van der Waals surface area contributed by atoms with Gasteiger partial charge in [-0.3, -0.25) is 0 Å². The van der Waals surface area contributed by atoms with Crippen LogP contribution in [0.1, 0.15) is 4.88 Å². The Morgan fingerprint density at radius 1 is 1.47 bits per heavy atom. The fourth-order valence-electron chi connectivity index (χ4n) is 1.20. The van der Waals surface area contributed by atoms with Crippen LogP contribution < -0.4 is 4.72 Å². The van der Waals surface area contributed by atoms with Gasteiger partial charge in [0.05, 0.1) is 6.20 Å². The van der Waals surface area contributed by atoms with Gasteiger partial charge in [0.1, 0.15) is 0 Å². The monoisotopic (exact) mass is 308 g/mol. The maximum Gasteiger partial charge on any atom is 0.251 e. The molecule has 0 unspecified atom stereocenters. The van der Waals surface area contributed by atoms with Crippen molar-refractivity contribution in [3.05, 3.63) is 33.1 Å². The van der Waals surface area contributed by atoms with Crippen molar-refractivity contribution in [2.45, 2.75) is 10.6 Å². The highest BCUT2D eigenvalue weighted by Gasteiger charge is 2.16. The summed E-state index contributed by atoms with van der Waals surface area (Å²) in [6, 6.07) is 3.92. The zero-order valence-corrected chi connectivity index (χ0v) is 11.8. The van der Waals surface area contributed by atoms with Crippen molar-refractivity contribution >= 4 is 44.3 Å². The molecule has 0 bridgehead atoms. The second-order valence-corrected chi connectivity index (χ2v) is 7.80. The lowest BCUT2D eigenvalue weighted by Crippen LogP contribution is -2.25. The van der Waals surface area contributed by atoms with Gasteiger partial charge in [-0.15, -0.1) is 11.3 Å². The third-order valence-electron chi connectivity index (χ3n) is 1.96. The van der Waals surface area contributed by atoms with Crippen LogP contribution in [0.25, 0.3) is 0 Å². The Morgan fingerprint density at radius 2 is 2.29 bits per heavy atom. The number of thiazole rings is 1. The molecule has 92 valence electrons. The Morgan fingerprint density at radius 3 is 2.88 bits per heavy atom. The van der Waals surface area contributed by atoms with E-state index in [1.807, 2.05) is 17.5 Å². The van der Waals surface area contributed by atoms with E-state index in [0.717, 1.165) is 16.2 Å². The number of hydrogen-bond donors (Lipinski definition) is 1. The minimum absolute atomic E-state index is 0.147. The predicted molar refractivity (Wildman–Crippen MR) is 70.3 cm³/mol. The summed E-state index contributed by atoms with van der Waals surface area (Å²) in [5.74, 6) is 0. The Bertz CT molecular complexity index is 577. The Hall–Kier alpha value is -0.470. The highest BCUT2D eigenvalue weighted by molar-refractivity contribution is 7.91. The van der Waals surface area contributed by atoms with Crippen molar-refractivity contribution in [3.63, 3.8) is 0 Å². The zero-order chi connectivity index (χ0) is 12.3. The van der Waals surface area contributed by atoms with E-state index in [1.54, 1.807) is 11.3 Å². The van der Waals surface area contributed by atoms with Gasteiger partial charge < -0.3 is 0 Å². The molecule has 0 amide bonds. The molecule has 2 aromatic heterocycles. The minimum Gasteiger partial charge on any atom is -0.232 e. The average molecular weight is 309 g/mol. The first-order chi connectivity index (χ1) is 8.08. The second-order valence-electron chi connectivity index (χ2n) is 3.16.